The monoisotopic (exact) mass is 231 g/mol. The molecule has 1 saturated carbocycles. The molecule has 3 unspecified atom stereocenters. The van der Waals surface area contributed by atoms with Gasteiger partial charge in [0.25, 0.3) is 5.92 Å². The van der Waals surface area contributed by atoms with Crippen LogP contribution < -0.4 is 5.32 Å². The number of rotatable bonds is 2. The van der Waals surface area contributed by atoms with Crippen molar-refractivity contribution in [2.75, 3.05) is 19.8 Å². The van der Waals surface area contributed by atoms with Crippen molar-refractivity contribution in [3.63, 3.8) is 0 Å². The molecule has 0 aromatic heterocycles. The van der Waals surface area contributed by atoms with Crippen LogP contribution in [0, 0.1) is 17.8 Å². The minimum absolute atomic E-state index is 0.0721. The Bertz CT molecular complexity index is 260. The van der Waals surface area contributed by atoms with E-state index in [1.165, 1.54) is 0 Å². The summed E-state index contributed by atoms with van der Waals surface area (Å²) in [5.41, 5.74) is 0. The summed E-state index contributed by atoms with van der Waals surface area (Å²) in [5, 5.41) is 3.23. The van der Waals surface area contributed by atoms with Gasteiger partial charge in [-0.15, -0.1) is 0 Å². The van der Waals surface area contributed by atoms with Crippen LogP contribution in [-0.2, 0) is 4.74 Å². The molecule has 3 fully saturated rings. The summed E-state index contributed by atoms with van der Waals surface area (Å²) in [6.07, 6.45) is 3.63. The number of nitrogens with one attached hydrogen (secondary N) is 1. The lowest BCUT2D eigenvalue weighted by molar-refractivity contribution is 0.0286. The molecule has 3 rings (SSSR count). The molecule has 0 spiro atoms. The summed E-state index contributed by atoms with van der Waals surface area (Å²) >= 11 is 0. The van der Waals surface area contributed by atoms with Crippen LogP contribution in [0.25, 0.3) is 0 Å². The average molecular weight is 231 g/mol. The highest BCUT2D eigenvalue weighted by molar-refractivity contribution is 5.13. The van der Waals surface area contributed by atoms with E-state index in [9.17, 15) is 8.78 Å². The summed E-state index contributed by atoms with van der Waals surface area (Å²) in [6.45, 7) is 2.25. The van der Waals surface area contributed by atoms with Gasteiger partial charge in [-0.3, -0.25) is 0 Å². The summed E-state index contributed by atoms with van der Waals surface area (Å²) in [7, 11) is 0. The second-order valence-electron chi connectivity index (χ2n) is 5.38. The molecule has 2 saturated heterocycles. The van der Waals surface area contributed by atoms with Crippen LogP contribution in [0.5, 0.6) is 0 Å². The topological polar surface area (TPSA) is 21.3 Å². The van der Waals surface area contributed by atoms with Gasteiger partial charge in [0.1, 0.15) is 0 Å². The zero-order valence-corrected chi connectivity index (χ0v) is 9.42. The highest BCUT2D eigenvalue weighted by atomic mass is 19.3. The molecule has 0 amide bonds. The minimum atomic E-state index is -2.41. The molecule has 1 N–H and O–H groups in total. The number of hydrogen-bond donors (Lipinski definition) is 1. The molecule has 4 heteroatoms. The lowest BCUT2D eigenvalue weighted by Crippen LogP contribution is -2.27. The van der Waals surface area contributed by atoms with E-state index in [0.717, 1.165) is 32.2 Å². The van der Waals surface area contributed by atoms with Crippen molar-refractivity contribution < 1.29 is 13.5 Å². The van der Waals surface area contributed by atoms with Crippen molar-refractivity contribution in [2.24, 2.45) is 17.8 Å². The van der Waals surface area contributed by atoms with Crippen molar-refractivity contribution in [1.29, 1.82) is 0 Å². The van der Waals surface area contributed by atoms with E-state index in [-0.39, 0.29) is 17.9 Å². The second kappa shape index (κ2) is 3.91. The predicted molar refractivity (Wildman–Crippen MR) is 56.5 cm³/mol. The standard InChI is InChI=1S/C12H19F2NO/c13-12(14)10(8-3-6-16-7-4-8)11(12)9-2-1-5-15-9/h8-11,15H,1-7H2. The normalized spacial score (nSPS) is 43.5. The third kappa shape index (κ3) is 1.66. The summed E-state index contributed by atoms with van der Waals surface area (Å²) in [4.78, 5) is 0. The Morgan fingerprint density at radius 2 is 1.81 bits per heavy atom. The highest BCUT2D eigenvalue weighted by Gasteiger charge is 2.72. The van der Waals surface area contributed by atoms with Crippen molar-refractivity contribution in [2.45, 2.75) is 37.6 Å². The maximum Gasteiger partial charge on any atom is 0.256 e. The first kappa shape index (κ1) is 10.9. The fourth-order valence-electron chi connectivity index (χ4n) is 3.59. The molecule has 2 nitrogen and oxygen atoms in total. The van der Waals surface area contributed by atoms with Crippen LogP contribution in [0.2, 0.25) is 0 Å². The van der Waals surface area contributed by atoms with E-state index in [2.05, 4.69) is 5.32 Å². The van der Waals surface area contributed by atoms with Crippen LogP contribution >= 0.6 is 0 Å². The van der Waals surface area contributed by atoms with Crippen molar-refractivity contribution >= 4 is 0 Å². The van der Waals surface area contributed by atoms with E-state index >= 15 is 0 Å². The molecule has 2 aliphatic heterocycles. The third-order valence-corrected chi connectivity index (χ3v) is 4.47. The lowest BCUT2D eigenvalue weighted by atomic mass is 9.92. The maximum absolute atomic E-state index is 13.8. The molecule has 0 radical (unpaired) electrons. The molecule has 1 aliphatic carbocycles. The zero-order valence-electron chi connectivity index (χ0n) is 9.42. The van der Waals surface area contributed by atoms with E-state index in [0.29, 0.717) is 13.2 Å². The van der Waals surface area contributed by atoms with Gasteiger partial charge in [0, 0.05) is 31.1 Å². The van der Waals surface area contributed by atoms with Crippen LogP contribution in [0.3, 0.4) is 0 Å². The van der Waals surface area contributed by atoms with Gasteiger partial charge >= 0.3 is 0 Å². The smallest absolute Gasteiger partial charge is 0.256 e. The third-order valence-electron chi connectivity index (χ3n) is 4.47. The Morgan fingerprint density at radius 3 is 2.44 bits per heavy atom. The first-order valence-electron chi connectivity index (χ1n) is 6.40. The largest absolute Gasteiger partial charge is 0.381 e. The van der Waals surface area contributed by atoms with Crippen LogP contribution in [0.1, 0.15) is 25.7 Å². The van der Waals surface area contributed by atoms with Crippen LogP contribution in [-0.4, -0.2) is 31.7 Å². The molecule has 3 aliphatic rings. The molecular formula is C12H19F2NO. The van der Waals surface area contributed by atoms with Gasteiger partial charge in [-0.25, -0.2) is 8.78 Å². The molecule has 92 valence electrons. The lowest BCUT2D eigenvalue weighted by Gasteiger charge is -2.22. The predicted octanol–water partition coefficient (Wildman–Crippen LogP) is 2.05. The van der Waals surface area contributed by atoms with Gasteiger partial charge in [-0.05, 0) is 38.1 Å². The Labute approximate surface area is 94.7 Å². The van der Waals surface area contributed by atoms with Gasteiger partial charge in [0.15, 0.2) is 0 Å². The Hall–Kier alpha value is -0.220. The summed E-state index contributed by atoms with van der Waals surface area (Å²) < 4.78 is 32.9. The number of alkyl halides is 2. The number of ether oxygens (including phenoxy) is 1. The Balaban J connectivity index is 1.66. The van der Waals surface area contributed by atoms with Crippen molar-refractivity contribution in [3.8, 4) is 0 Å². The van der Waals surface area contributed by atoms with Crippen LogP contribution in [0.15, 0.2) is 0 Å². The van der Waals surface area contributed by atoms with Gasteiger partial charge in [-0.2, -0.15) is 0 Å². The van der Waals surface area contributed by atoms with E-state index in [1.54, 1.807) is 0 Å². The average Bonchev–Trinajstić information content (AvgIpc) is 2.70. The summed E-state index contributed by atoms with van der Waals surface area (Å²) in [6, 6.07) is 0.0721. The minimum Gasteiger partial charge on any atom is -0.381 e. The molecule has 3 atom stereocenters. The molecule has 0 aromatic carbocycles. The fourth-order valence-corrected chi connectivity index (χ4v) is 3.59. The molecule has 2 heterocycles. The van der Waals surface area contributed by atoms with Gasteiger partial charge in [-0.1, -0.05) is 0 Å². The SMILES string of the molecule is FC1(F)C(C2CCOCC2)C1C1CCCN1. The fraction of sp³-hybridized carbons (Fsp3) is 1.00. The molecule has 0 aromatic rings. The van der Waals surface area contributed by atoms with E-state index < -0.39 is 11.8 Å². The zero-order chi connectivity index (χ0) is 11.2. The maximum atomic E-state index is 13.8. The first-order chi connectivity index (χ1) is 7.71. The number of hydrogen-bond acceptors (Lipinski definition) is 2. The van der Waals surface area contributed by atoms with Gasteiger partial charge < -0.3 is 10.1 Å². The number of halogens is 2. The van der Waals surface area contributed by atoms with Gasteiger partial charge in [0.2, 0.25) is 0 Å². The van der Waals surface area contributed by atoms with Crippen molar-refractivity contribution in [1.82, 2.24) is 5.32 Å². The second-order valence-corrected chi connectivity index (χ2v) is 5.38. The van der Waals surface area contributed by atoms with E-state index in [4.69, 9.17) is 4.74 Å². The molecule has 16 heavy (non-hydrogen) atoms. The molecular weight excluding hydrogens is 212 g/mol. The highest BCUT2D eigenvalue weighted by Crippen LogP contribution is 2.62. The Kier molecular flexibility index (Phi) is 2.67. The summed E-state index contributed by atoms with van der Waals surface area (Å²) in [5.74, 6) is -2.98. The molecule has 0 bridgehead atoms. The quantitative estimate of drug-likeness (QED) is 0.785. The van der Waals surface area contributed by atoms with Crippen LogP contribution in [0.4, 0.5) is 8.78 Å². The van der Waals surface area contributed by atoms with Crippen molar-refractivity contribution in [3.05, 3.63) is 0 Å². The first-order valence-corrected chi connectivity index (χ1v) is 6.40. The van der Waals surface area contributed by atoms with E-state index in [1.807, 2.05) is 0 Å². The Morgan fingerprint density at radius 1 is 1.06 bits per heavy atom. The van der Waals surface area contributed by atoms with Gasteiger partial charge in [0.05, 0.1) is 0 Å².